The standard InChI is InChI=1S/C27H29N3O3/c1-27(2,20-8-6-5-7-9-20)21-10-12-23(13-11-21)32-19-24-14-15-25(33-24)26(31)29(3)18-22-16-17-30(4)28-22/h5-17H,18-19H2,1-4H3. The average molecular weight is 444 g/mol. The van der Waals surface area contributed by atoms with Gasteiger partial charge in [-0.15, -0.1) is 0 Å². The Morgan fingerprint density at radius 3 is 2.36 bits per heavy atom. The summed E-state index contributed by atoms with van der Waals surface area (Å²) in [5.41, 5.74) is 3.20. The molecule has 0 aliphatic carbocycles. The molecule has 0 fully saturated rings. The Morgan fingerprint density at radius 1 is 1.00 bits per heavy atom. The molecule has 6 heteroatoms. The quantitative estimate of drug-likeness (QED) is 0.376. The molecule has 0 unspecified atom stereocenters. The topological polar surface area (TPSA) is 60.5 Å². The molecule has 0 aliphatic heterocycles. The van der Waals surface area contributed by atoms with Crippen LogP contribution in [0, 0.1) is 0 Å². The van der Waals surface area contributed by atoms with Gasteiger partial charge in [-0.05, 0) is 41.5 Å². The Hall–Kier alpha value is -3.80. The van der Waals surface area contributed by atoms with Crippen molar-refractivity contribution in [3.05, 3.63) is 107 Å². The van der Waals surface area contributed by atoms with Crippen LogP contribution in [-0.2, 0) is 25.6 Å². The zero-order valence-corrected chi connectivity index (χ0v) is 19.5. The molecule has 0 aliphatic rings. The number of ether oxygens (including phenoxy) is 1. The van der Waals surface area contributed by atoms with Gasteiger partial charge in [-0.2, -0.15) is 5.10 Å². The van der Waals surface area contributed by atoms with Gasteiger partial charge in [-0.3, -0.25) is 9.48 Å². The fraction of sp³-hybridized carbons (Fsp3) is 0.259. The van der Waals surface area contributed by atoms with Gasteiger partial charge in [0.2, 0.25) is 0 Å². The van der Waals surface area contributed by atoms with Crippen molar-refractivity contribution < 1.29 is 13.9 Å². The number of aryl methyl sites for hydroxylation is 1. The third-order valence-corrected chi connectivity index (χ3v) is 5.84. The summed E-state index contributed by atoms with van der Waals surface area (Å²) in [6.07, 6.45) is 1.85. The monoisotopic (exact) mass is 443 g/mol. The second-order valence-corrected chi connectivity index (χ2v) is 8.71. The predicted octanol–water partition coefficient (Wildman–Crippen LogP) is 5.19. The molecule has 4 rings (SSSR count). The fourth-order valence-corrected chi connectivity index (χ4v) is 3.76. The predicted molar refractivity (Wildman–Crippen MR) is 127 cm³/mol. The van der Waals surface area contributed by atoms with Crippen LogP contribution in [0.15, 0.2) is 83.4 Å². The largest absolute Gasteiger partial charge is 0.486 e. The number of aromatic nitrogens is 2. The summed E-state index contributed by atoms with van der Waals surface area (Å²) < 4.78 is 13.3. The van der Waals surface area contributed by atoms with Crippen LogP contribution in [0.3, 0.4) is 0 Å². The minimum Gasteiger partial charge on any atom is -0.486 e. The van der Waals surface area contributed by atoms with Gasteiger partial charge in [-0.1, -0.05) is 56.3 Å². The first kappa shape index (κ1) is 22.4. The molecule has 0 N–H and O–H groups in total. The number of furan rings is 1. The van der Waals surface area contributed by atoms with Crippen LogP contribution in [0.4, 0.5) is 0 Å². The second kappa shape index (κ2) is 9.36. The van der Waals surface area contributed by atoms with E-state index in [2.05, 4.69) is 55.3 Å². The third kappa shape index (κ3) is 5.17. The smallest absolute Gasteiger partial charge is 0.289 e. The van der Waals surface area contributed by atoms with Crippen molar-refractivity contribution in [3.63, 3.8) is 0 Å². The zero-order valence-electron chi connectivity index (χ0n) is 19.5. The van der Waals surface area contributed by atoms with Gasteiger partial charge in [0.15, 0.2) is 5.76 Å². The van der Waals surface area contributed by atoms with Crippen molar-refractivity contribution in [2.45, 2.75) is 32.4 Å². The summed E-state index contributed by atoms with van der Waals surface area (Å²) in [5.74, 6) is 1.43. The van der Waals surface area contributed by atoms with Gasteiger partial charge in [-0.25, -0.2) is 0 Å². The molecule has 0 spiro atoms. The molecule has 2 heterocycles. The number of hydrogen-bond acceptors (Lipinski definition) is 4. The Labute approximate surface area is 194 Å². The lowest BCUT2D eigenvalue weighted by Gasteiger charge is -2.26. The first-order chi connectivity index (χ1) is 15.8. The lowest BCUT2D eigenvalue weighted by atomic mass is 9.78. The maximum absolute atomic E-state index is 12.6. The van der Waals surface area contributed by atoms with E-state index in [0.717, 1.165) is 11.4 Å². The van der Waals surface area contributed by atoms with E-state index in [-0.39, 0.29) is 23.7 Å². The van der Waals surface area contributed by atoms with E-state index < -0.39 is 0 Å². The lowest BCUT2D eigenvalue weighted by molar-refractivity contribution is 0.0747. The second-order valence-electron chi connectivity index (χ2n) is 8.71. The maximum atomic E-state index is 12.6. The molecule has 0 atom stereocenters. The van der Waals surface area contributed by atoms with Crippen molar-refractivity contribution in [1.82, 2.24) is 14.7 Å². The minimum absolute atomic E-state index is 0.0998. The summed E-state index contributed by atoms with van der Waals surface area (Å²) in [5, 5.41) is 4.31. The Bertz CT molecular complexity index is 1210. The first-order valence-corrected chi connectivity index (χ1v) is 10.9. The number of hydrogen-bond donors (Lipinski definition) is 0. The van der Waals surface area contributed by atoms with Crippen molar-refractivity contribution in [1.29, 1.82) is 0 Å². The highest BCUT2D eigenvalue weighted by molar-refractivity contribution is 5.91. The Kier molecular flexibility index (Phi) is 6.36. The Balaban J connectivity index is 1.35. The number of carbonyl (C=O) groups is 1. The van der Waals surface area contributed by atoms with Crippen LogP contribution < -0.4 is 4.74 Å². The van der Waals surface area contributed by atoms with E-state index in [1.807, 2.05) is 37.5 Å². The highest BCUT2D eigenvalue weighted by atomic mass is 16.5. The van der Waals surface area contributed by atoms with Crippen molar-refractivity contribution in [3.8, 4) is 5.75 Å². The molecule has 0 saturated heterocycles. The van der Waals surface area contributed by atoms with Gasteiger partial charge in [0.1, 0.15) is 18.1 Å². The van der Waals surface area contributed by atoms with Gasteiger partial charge in [0, 0.05) is 25.7 Å². The van der Waals surface area contributed by atoms with Gasteiger partial charge in [0.05, 0.1) is 12.2 Å². The van der Waals surface area contributed by atoms with E-state index in [4.69, 9.17) is 9.15 Å². The summed E-state index contributed by atoms with van der Waals surface area (Å²) in [7, 11) is 3.58. The van der Waals surface area contributed by atoms with Crippen LogP contribution in [0.2, 0.25) is 0 Å². The van der Waals surface area contributed by atoms with E-state index in [0.29, 0.717) is 12.3 Å². The third-order valence-electron chi connectivity index (χ3n) is 5.84. The molecular formula is C27H29N3O3. The SMILES string of the molecule is CN(Cc1ccn(C)n1)C(=O)c1ccc(COc2ccc(C(C)(C)c3ccccc3)cc2)o1. The molecular weight excluding hydrogens is 414 g/mol. The highest BCUT2D eigenvalue weighted by Crippen LogP contribution is 2.32. The molecule has 4 aromatic rings. The number of carbonyl (C=O) groups excluding carboxylic acids is 1. The molecule has 0 bridgehead atoms. The van der Waals surface area contributed by atoms with Gasteiger partial charge < -0.3 is 14.1 Å². The molecule has 0 saturated carbocycles. The number of nitrogens with zero attached hydrogens (tertiary/aromatic N) is 3. The summed E-state index contributed by atoms with van der Waals surface area (Å²) in [6, 6.07) is 23.9. The average Bonchev–Trinajstić information content (AvgIpc) is 3.47. The zero-order chi connectivity index (χ0) is 23.4. The van der Waals surface area contributed by atoms with E-state index in [9.17, 15) is 4.79 Å². The molecule has 1 amide bonds. The van der Waals surface area contributed by atoms with Crippen molar-refractivity contribution >= 4 is 5.91 Å². The number of amides is 1. The molecule has 2 aromatic heterocycles. The van der Waals surface area contributed by atoms with Crippen molar-refractivity contribution in [2.75, 3.05) is 7.05 Å². The van der Waals surface area contributed by atoms with Crippen LogP contribution in [-0.4, -0.2) is 27.6 Å². The molecule has 0 radical (unpaired) electrons. The molecule has 6 nitrogen and oxygen atoms in total. The molecule has 33 heavy (non-hydrogen) atoms. The van der Waals surface area contributed by atoms with E-state index in [1.165, 1.54) is 11.1 Å². The minimum atomic E-state index is -0.195. The van der Waals surface area contributed by atoms with Gasteiger partial charge in [0.25, 0.3) is 5.91 Å². The van der Waals surface area contributed by atoms with Crippen molar-refractivity contribution in [2.24, 2.45) is 7.05 Å². The van der Waals surface area contributed by atoms with Crippen LogP contribution >= 0.6 is 0 Å². The van der Waals surface area contributed by atoms with Crippen LogP contribution in [0.25, 0.3) is 0 Å². The van der Waals surface area contributed by atoms with E-state index in [1.54, 1.807) is 28.8 Å². The first-order valence-electron chi connectivity index (χ1n) is 10.9. The van der Waals surface area contributed by atoms with Gasteiger partial charge >= 0.3 is 0 Å². The number of rotatable bonds is 8. The van der Waals surface area contributed by atoms with E-state index >= 15 is 0 Å². The van der Waals surface area contributed by atoms with Crippen LogP contribution in [0.5, 0.6) is 5.75 Å². The fourth-order valence-electron chi connectivity index (χ4n) is 3.76. The highest BCUT2D eigenvalue weighted by Gasteiger charge is 2.22. The normalized spacial score (nSPS) is 11.4. The maximum Gasteiger partial charge on any atom is 0.289 e. The molecule has 170 valence electrons. The Morgan fingerprint density at radius 2 is 1.70 bits per heavy atom. The summed E-state index contributed by atoms with van der Waals surface area (Å²) >= 11 is 0. The lowest BCUT2D eigenvalue weighted by Crippen LogP contribution is -2.26. The summed E-state index contributed by atoms with van der Waals surface area (Å²) in [6.45, 7) is 5.09. The number of benzene rings is 2. The van der Waals surface area contributed by atoms with Crippen LogP contribution in [0.1, 0.15) is 47.0 Å². The summed E-state index contributed by atoms with van der Waals surface area (Å²) in [4.78, 5) is 14.2. The molecule has 2 aromatic carbocycles.